The SMILES string of the molecule is CC(C)N1CCC2(CC1)CO[C@@H](C)C2. The Kier molecular flexibility index (Phi) is 2.85. The average Bonchev–Trinajstić information content (AvgIpc) is 2.48. The molecule has 2 nitrogen and oxygen atoms in total. The molecule has 0 saturated carbocycles. The second-order valence-corrected chi connectivity index (χ2v) is 5.46. The van der Waals surface area contributed by atoms with Crippen LogP contribution >= 0.6 is 0 Å². The zero-order valence-corrected chi connectivity index (χ0v) is 9.75. The van der Waals surface area contributed by atoms with Gasteiger partial charge in [0.1, 0.15) is 0 Å². The Morgan fingerprint density at radius 3 is 2.36 bits per heavy atom. The molecule has 0 bridgehead atoms. The summed E-state index contributed by atoms with van der Waals surface area (Å²) >= 11 is 0. The summed E-state index contributed by atoms with van der Waals surface area (Å²) in [6.45, 7) is 10.4. The maximum Gasteiger partial charge on any atom is 0.0553 e. The van der Waals surface area contributed by atoms with Gasteiger partial charge in [0.25, 0.3) is 0 Å². The summed E-state index contributed by atoms with van der Waals surface area (Å²) < 4.78 is 5.72. The fraction of sp³-hybridized carbons (Fsp3) is 1.00. The number of hydrogen-bond acceptors (Lipinski definition) is 2. The minimum absolute atomic E-state index is 0.501. The van der Waals surface area contributed by atoms with Gasteiger partial charge in [-0.05, 0) is 58.5 Å². The number of hydrogen-bond donors (Lipinski definition) is 0. The Morgan fingerprint density at radius 1 is 1.29 bits per heavy atom. The van der Waals surface area contributed by atoms with Crippen molar-refractivity contribution < 1.29 is 4.74 Å². The lowest BCUT2D eigenvalue weighted by molar-refractivity contribution is 0.0587. The molecule has 0 N–H and O–H groups in total. The predicted molar refractivity (Wildman–Crippen MR) is 58.4 cm³/mol. The van der Waals surface area contributed by atoms with Gasteiger partial charge in [0.2, 0.25) is 0 Å². The number of nitrogens with zero attached hydrogens (tertiary/aromatic N) is 1. The van der Waals surface area contributed by atoms with Crippen LogP contribution in [0.3, 0.4) is 0 Å². The molecule has 0 radical (unpaired) electrons. The van der Waals surface area contributed by atoms with Crippen molar-refractivity contribution in [1.82, 2.24) is 4.90 Å². The highest BCUT2D eigenvalue weighted by Gasteiger charge is 2.40. The predicted octanol–water partition coefficient (Wildman–Crippen LogP) is 2.29. The fourth-order valence-corrected chi connectivity index (χ4v) is 2.91. The van der Waals surface area contributed by atoms with E-state index in [1.807, 2.05) is 0 Å². The molecule has 2 aliphatic heterocycles. The van der Waals surface area contributed by atoms with Crippen LogP contribution in [-0.2, 0) is 4.74 Å². The van der Waals surface area contributed by atoms with E-state index in [2.05, 4.69) is 25.7 Å². The van der Waals surface area contributed by atoms with Gasteiger partial charge in [0.15, 0.2) is 0 Å². The van der Waals surface area contributed by atoms with E-state index in [4.69, 9.17) is 4.74 Å². The van der Waals surface area contributed by atoms with Gasteiger partial charge in [-0.1, -0.05) is 0 Å². The highest BCUT2D eigenvalue weighted by atomic mass is 16.5. The largest absolute Gasteiger partial charge is 0.378 e. The van der Waals surface area contributed by atoms with E-state index in [-0.39, 0.29) is 0 Å². The van der Waals surface area contributed by atoms with E-state index in [0.29, 0.717) is 17.6 Å². The van der Waals surface area contributed by atoms with Gasteiger partial charge in [-0.3, -0.25) is 0 Å². The van der Waals surface area contributed by atoms with E-state index < -0.39 is 0 Å². The van der Waals surface area contributed by atoms with Crippen LogP contribution in [0.5, 0.6) is 0 Å². The first-order chi connectivity index (χ1) is 6.61. The highest BCUT2D eigenvalue weighted by molar-refractivity contribution is 4.91. The van der Waals surface area contributed by atoms with Crippen molar-refractivity contribution in [3.8, 4) is 0 Å². The molecule has 0 unspecified atom stereocenters. The van der Waals surface area contributed by atoms with Gasteiger partial charge in [-0.2, -0.15) is 0 Å². The Hall–Kier alpha value is -0.0800. The van der Waals surface area contributed by atoms with Crippen LogP contribution in [0, 0.1) is 5.41 Å². The summed E-state index contributed by atoms with van der Waals surface area (Å²) in [5.74, 6) is 0. The molecule has 14 heavy (non-hydrogen) atoms. The van der Waals surface area contributed by atoms with Crippen molar-refractivity contribution in [3.63, 3.8) is 0 Å². The summed E-state index contributed by atoms with van der Waals surface area (Å²) in [4.78, 5) is 2.59. The van der Waals surface area contributed by atoms with Crippen LogP contribution in [0.1, 0.15) is 40.0 Å². The van der Waals surface area contributed by atoms with E-state index >= 15 is 0 Å². The van der Waals surface area contributed by atoms with Gasteiger partial charge in [0, 0.05) is 6.04 Å². The van der Waals surface area contributed by atoms with E-state index in [0.717, 1.165) is 6.61 Å². The summed E-state index contributed by atoms with van der Waals surface area (Å²) in [5.41, 5.74) is 0.546. The minimum Gasteiger partial charge on any atom is -0.378 e. The maximum atomic E-state index is 5.72. The van der Waals surface area contributed by atoms with Gasteiger partial charge in [0.05, 0.1) is 12.7 Å². The normalized spacial score (nSPS) is 33.0. The maximum absolute atomic E-state index is 5.72. The molecule has 1 spiro atoms. The molecule has 2 fully saturated rings. The standard InChI is InChI=1S/C12H23NO/c1-10(2)13-6-4-12(5-7-13)8-11(3)14-9-12/h10-11H,4-9H2,1-3H3/t11-/m0/s1. The molecule has 1 atom stereocenters. The van der Waals surface area contributed by atoms with E-state index in [9.17, 15) is 0 Å². The summed E-state index contributed by atoms with van der Waals surface area (Å²) in [6, 6.07) is 0.715. The van der Waals surface area contributed by atoms with Crippen molar-refractivity contribution in [1.29, 1.82) is 0 Å². The second-order valence-electron chi connectivity index (χ2n) is 5.46. The minimum atomic E-state index is 0.501. The Balaban J connectivity index is 1.89. The van der Waals surface area contributed by atoms with Crippen molar-refractivity contribution in [2.75, 3.05) is 19.7 Å². The van der Waals surface area contributed by atoms with Crippen LogP contribution in [0.4, 0.5) is 0 Å². The van der Waals surface area contributed by atoms with Crippen molar-refractivity contribution in [3.05, 3.63) is 0 Å². The smallest absolute Gasteiger partial charge is 0.0553 e. The van der Waals surface area contributed by atoms with E-state index in [1.54, 1.807) is 0 Å². The van der Waals surface area contributed by atoms with Crippen molar-refractivity contribution in [2.45, 2.75) is 52.2 Å². The first-order valence-corrected chi connectivity index (χ1v) is 5.97. The molecule has 2 saturated heterocycles. The Bertz CT molecular complexity index is 194. The van der Waals surface area contributed by atoms with Crippen molar-refractivity contribution >= 4 is 0 Å². The average molecular weight is 197 g/mol. The summed E-state index contributed by atoms with van der Waals surface area (Å²) in [5, 5.41) is 0. The summed E-state index contributed by atoms with van der Waals surface area (Å²) in [7, 11) is 0. The topological polar surface area (TPSA) is 12.5 Å². The van der Waals surface area contributed by atoms with Gasteiger partial charge in [-0.15, -0.1) is 0 Å². The zero-order chi connectivity index (χ0) is 10.2. The molecule has 2 heteroatoms. The first-order valence-electron chi connectivity index (χ1n) is 5.97. The molecule has 0 aromatic carbocycles. The van der Waals surface area contributed by atoms with Crippen LogP contribution < -0.4 is 0 Å². The Morgan fingerprint density at radius 2 is 1.93 bits per heavy atom. The third kappa shape index (κ3) is 1.96. The van der Waals surface area contributed by atoms with Crippen LogP contribution in [0.2, 0.25) is 0 Å². The third-order valence-electron chi connectivity index (χ3n) is 3.98. The molecule has 82 valence electrons. The molecule has 2 rings (SSSR count). The lowest BCUT2D eigenvalue weighted by atomic mass is 9.76. The molecule has 0 aromatic rings. The first kappa shape index (κ1) is 10.4. The summed E-state index contributed by atoms with van der Waals surface area (Å²) in [6.07, 6.45) is 4.48. The van der Waals surface area contributed by atoms with Crippen LogP contribution in [-0.4, -0.2) is 36.7 Å². The highest BCUT2D eigenvalue weighted by Crippen LogP contribution is 2.41. The number of rotatable bonds is 1. The third-order valence-corrected chi connectivity index (χ3v) is 3.98. The molecule has 0 amide bonds. The van der Waals surface area contributed by atoms with Gasteiger partial charge >= 0.3 is 0 Å². The lowest BCUT2D eigenvalue weighted by Crippen LogP contribution is -2.43. The van der Waals surface area contributed by atoms with Crippen LogP contribution in [0.25, 0.3) is 0 Å². The lowest BCUT2D eigenvalue weighted by Gasteiger charge is -2.40. The molecule has 0 aromatic heterocycles. The quantitative estimate of drug-likeness (QED) is 0.639. The monoisotopic (exact) mass is 197 g/mol. The fourth-order valence-electron chi connectivity index (χ4n) is 2.91. The number of likely N-dealkylation sites (tertiary alicyclic amines) is 1. The Labute approximate surface area is 87.6 Å². The molecule has 2 heterocycles. The molecular weight excluding hydrogens is 174 g/mol. The van der Waals surface area contributed by atoms with Crippen molar-refractivity contribution in [2.24, 2.45) is 5.41 Å². The number of ether oxygens (including phenoxy) is 1. The molecular formula is C12H23NO. The van der Waals surface area contributed by atoms with E-state index in [1.165, 1.54) is 32.4 Å². The zero-order valence-electron chi connectivity index (χ0n) is 9.75. The second kappa shape index (κ2) is 3.82. The number of piperidine rings is 1. The molecule has 2 aliphatic rings. The van der Waals surface area contributed by atoms with Crippen LogP contribution in [0.15, 0.2) is 0 Å². The van der Waals surface area contributed by atoms with Gasteiger partial charge in [-0.25, -0.2) is 0 Å². The van der Waals surface area contributed by atoms with Gasteiger partial charge < -0.3 is 9.64 Å². The molecule has 0 aliphatic carbocycles.